The number of ether oxygens (including phenoxy) is 1. The van der Waals surface area contributed by atoms with Gasteiger partial charge in [0.15, 0.2) is 6.10 Å². The SMILES string of the molecule is CC(Oc1ccc(C(=O)O)cc1)C(=O)Nc1ccc(Cl)cn1. The van der Waals surface area contributed by atoms with Crippen LogP contribution >= 0.6 is 11.6 Å². The minimum absolute atomic E-state index is 0.148. The summed E-state index contributed by atoms with van der Waals surface area (Å²) in [5, 5.41) is 11.9. The molecule has 0 fully saturated rings. The molecule has 22 heavy (non-hydrogen) atoms. The molecule has 1 aromatic carbocycles. The van der Waals surface area contributed by atoms with Crippen LogP contribution in [0.4, 0.5) is 5.82 Å². The fourth-order valence-corrected chi connectivity index (χ4v) is 1.72. The van der Waals surface area contributed by atoms with Crippen LogP contribution in [0.5, 0.6) is 5.75 Å². The van der Waals surface area contributed by atoms with Gasteiger partial charge in [-0.05, 0) is 43.3 Å². The molecule has 0 bridgehead atoms. The van der Waals surface area contributed by atoms with Crippen molar-refractivity contribution in [2.75, 3.05) is 5.32 Å². The van der Waals surface area contributed by atoms with E-state index in [1.165, 1.54) is 30.5 Å². The molecule has 0 radical (unpaired) electrons. The van der Waals surface area contributed by atoms with Gasteiger partial charge in [-0.3, -0.25) is 4.79 Å². The van der Waals surface area contributed by atoms with E-state index in [1.807, 2.05) is 0 Å². The number of nitrogens with zero attached hydrogens (tertiary/aromatic N) is 1. The fraction of sp³-hybridized carbons (Fsp3) is 0.133. The molecule has 1 unspecified atom stereocenters. The average molecular weight is 321 g/mol. The van der Waals surface area contributed by atoms with Gasteiger partial charge in [0.25, 0.3) is 5.91 Å². The number of amides is 1. The number of aromatic nitrogens is 1. The van der Waals surface area contributed by atoms with Gasteiger partial charge in [0, 0.05) is 6.20 Å². The summed E-state index contributed by atoms with van der Waals surface area (Å²) < 4.78 is 5.45. The van der Waals surface area contributed by atoms with E-state index < -0.39 is 12.1 Å². The summed E-state index contributed by atoms with van der Waals surface area (Å²) in [4.78, 5) is 26.7. The molecule has 0 saturated heterocycles. The smallest absolute Gasteiger partial charge is 0.335 e. The van der Waals surface area contributed by atoms with Gasteiger partial charge in [-0.25, -0.2) is 9.78 Å². The zero-order chi connectivity index (χ0) is 16.1. The molecule has 1 aromatic heterocycles. The van der Waals surface area contributed by atoms with Gasteiger partial charge in [-0.15, -0.1) is 0 Å². The van der Waals surface area contributed by atoms with Gasteiger partial charge < -0.3 is 15.2 Å². The maximum Gasteiger partial charge on any atom is 0.335 e. The number of hydrogen-bond donors (Lipinski definition) is 2. The summed E-state index contributed by atoms with van der Waals surface area (Å²) in [5.74, 6) is -0.633. The van der Waals surface area contributed by atoms with Crippen molar-refractivity contribution in [2.45, 2.75) is 13.0 Å². The molecular formula is C15H13ClN2O4. The van der Waals surface area contributed by atoms with Crippen LogP contribution in [0.2, 0.25) is 5.02 Å². The first kappa shape index (κ1) is 15.8. The number of carboxylic acid groups (broad SMARTS) is 1. The zero-order valence-electron chi connectivity index (χ0n) is 11.6. The number of carbonyl (C=O) groups excluding carboxylic acids is 1. The normalized spacial score (nSPS) is 11.5. The number of hydrogen-bond acceptors (Lipinski definition) is 4. The quantitative estimate of drug-likeness (QED) is 0.884. The Morgan fingerprint density at radius 2 is 1.91 bits per heavy atom. The zero-order valence-corrected chi connectivity index (χ0v) is 12.4. The van der Waals surface area contributed by atoms with Crippen LogP contribution in [-0.2, 0) is 4.79 Å². The summed E-state index contributed by atoms with van der Waals surface area (Å²) in [6, 6.07) is 8.99. The first-order valence-corrected chi connectivity index (χ1v) is 6.76. The molecule has 2 N–H and O–H groups in total. The summed E-state index contributed by atoms with van der Waals surface area (Å²) in [6.45, 7) is 1.58. The lowest BCUT2D eigenvalue weighted by molar-refractivity contribution is -0.122. The molecule has 2 rings (SSSR count). The maximum atomic E-state index is 12.0. The van der Waals surface area contributed by atoms with Crippen LogP contribution in [-0.4, -0.2) is 28.1 Å². The first-order chi connectivity index (χ1) is 10.5. The largest absolute Gasteiger partial charge is 0.481 e. The predicted octanol–water partition coefficient (Wildman–Crippen LogP) is 2.84. The summed E-state index contributed by atoms with van der Waals surface area (Å²) in [7, 11) is 0. The molecule has 0 saturated carbocycles. The summed E-state index contributed by atoms with van der Waals surface area (Å²) >= 11 is 5.71. The number of anilines is 1. The van der Waals surface area contributed by atoms with Gasteiger partial charge in [-0.2, -0.15) is 0 Å². The van der Waals surface area contributed by atoms with Gasteiger partial charge in [0.2, 0.25) is 0 Å². The molecule has 0 aliphatic heterocycles. The third kappa shape index (κ3) is 4.20. The lowest BCUT2D eigenvalue weighted by Crippen LogP contribution is -2.30. The second-order valence-corrected chi connectivity index (χ2v) is 4.88. The van der Waals surface area contributed by atoms with E-state index in [2.05, 4.69) is 10.3 Å². The van der Waals surface area contributed by atoms with E-state index in [-0.39, 0.29) is 11.5 Å². The molecule has 1 heterocycles. The van der Waals surface area contributed by atoms with Crippen LogP contribution in [0.15, 0.2) is 42.6 Å². The molecule has 1 atom stereocenters. The average Bonchev–Trinajstić information content (AvgIpc) is 2.50. The maximum absolute atomic E-state index is 12.0. The van der Waals surface area contributed by atoms with Crippen molar-refractivity contribution < 1.29 is 19.4 Å². The summed E-state index contributed by atoms with van der Waals surface area (Å²) in [6.07, 6.45) is 0.654. The predicted molar refractivity (Wildman–Crippen MR) is 81.4 cm³/mol. The number of aromatic carboxylic acids is 1. The second-order valence-electron chi connectivity index (χ2n) is 4.44. The molecule has 1 amide bonds. The molecule has 0 spiro atoms. The standard InChI is InChI=1S/C15H13ClN2O4/c1-9(14(19)18-13-7-4-11(16)8-17-13)22-12-5-2-10(3-6-12)15(20)21/h2-9H,1H3,(H,20,21)(H,17,18,19). The Hall–Kier alpha value is -2.60. The van der Waals surface area contributed by atoms with E-state index >= 15 is 0 Å². The highest BCUT2D eigenvalue weighted by Gasteiger charge is 2.15. The molecule has 6 nitrogen and oxygen atoms in total. The third-order valence-corrected chi connectivity index (χ3v) is 2.99. The Kier molecular flexibility index (Phi) is 4.95. The van der Waals surface area contributed by atoms with Crippen LogP contribution < -0.4 is 10.1 Å². The first-order valence-electron chi connectivity index (χ1n) is 6.38. The number of benzene rings is 1. The Bertz CT molecular complexity index is 671. The Morgan fingerprint density at radius 3 is 2.45 bits per heavy atom. The van der Waals surface area contributed by atoms with Gasteiger partial charge in [0.05, 0.1) is 10.6 Å². The number of halogens is 1. The van der Waals surface area contributed by atoms with Crippen molar-refractivity contribution in [1.29, 1.82) is 0 Å². The van der Waals surface area contributed by atoms with Crippen molar-refractivity contribution >= 4 is 29.3 Å². The van der Waals surface area contributed by atoms with Crippen molar-refractivity contribution in [3.05, 3.63) is 53.2 Å². The van der Waals surface area contributed by atoms with Crippen molar-refractivity contribution in [2.24, 2.45) is 0 Å². The number of nitrogens with one attached hydrogen (secondary N) is 1. The Balaban J connectivity index is 1.95. The van der Waals surface area contributed by atoms with Gasteiger partial charge in [0.1, 0.15) is 11.6 Å². The molecule has 0 aliphatic rings. The Labute approximate surface area is 131 Å². The minimum atomic E-state index is -1.02. The van der Waals surface area contributed by atoms with Crippen LogP contribution in [0.1, 0.15) is 17.3 Å². The minimum Gasteiger partial charge on any atom is -0.481 e. The number of carboxylic acids is 1. The van der Waals surface area contributed by atoms with E-state index in [1.54, 1.807) is 19.1 Å². The molecule has 7 heteroatoms. The highest BCUT2D eigenvalue weighted by atomic mass is 35.5. The van der Waals surface area contributed by atoms with E-state index in [9.17, 15) is 9.59 Å². The van der Waals surface area contributed by atoms with Crippen LogP contribution in [0, 0.1) is 0 Å². The molecule has 2 aromatic rings. The van der Waals surface area contributed by atoms with Crippen molar-refractivity contribution in [3.8, 4) is 5.75 Å². The van der Waals surface area contributed by atoms with E-state index in [0.29, 0.717) is 16.6 Å². The van der Waals surface area contributed by atoms with Gasteiger partial charge >= 0.3 is 5.97 Å². The molecule has 114 valence electrons. The van der Waals surface area contributed by atoms with Crippen LogP contribution in [0.25, 0.3) is 0 Å². The fourth-order valence-electron chi connectivity index (χ4n) is 1.61. The highest BCUT2D eigenvalue weighted by Crippen LogP contribution is 2.15. The monoisotopic (exact) mass is 320 g/mol. The highest BCUT2D eigenvalue weighted by molar-refractivity contribution is 6.30. The van der Waals surface area contributed by atoms with Crippen molar-refractivity contribution in [1.82, 2.24) is 4.98 Å². The lowest BCUT2D eigenvalue weighted by atomic mass is 10.2. The number of rotatable bonds is 5. The number of carbonyl (C=O) groups is 2. The van der Waals surface area contributed by atoms with Gasteiger partial charge in [-0.1, -0.05) is 11.6 Å². The van der Waals surface area contributed by atoms with Crippen LogP contribution in [0.3, 0.4) is 0 Å². The summed E-state index contributed by atoms with van der Waals surface area (Å²) in [5.41, 5.74) is 0.148. The van der Waals surface area contributed by atoms with E-state index in [0.717, 1.165) is 0 Å². The topological polar surface area (TPSA) is 88.5 Å². The third-order valence-electron chi connectivity index (χ3n) is 2.76. The van der Waals surface area contributed by atoms with Crippen molar-refractivity contribution in [3.63, 3.8) is 0 Å². The van der Waals surface area contributed by atoms with E-state index in [4.69, 9.17) is 21.4 Å². The number of pyridine rings is 1. The molecular weight excluding hydrogens is 308 g/mol. The Morgan fingerprint density at radius 1 is 1.23 bits per heavy atom. The lowest BCUT2D eigenvalue weighted by Gasteiger charge is -2.14. The second kappa shape index (κ2) is 6.91. The molecule has 0 aliphatic carbocycles.